The second kappa shape index (κ2) is 7.45. The van der Waals surface area contributed by atoms with Crippen LogP contribution < -0.4 is 16.4 Å². The molecule has 2 aliphatic rings. The number of hydrogen-bond donors (Lipinski definition) is 0. The number of benzene rings is 6. The Bertz CT molecular complexity index is 2690. The Balaban J connectivity index is 1.33. The van der Waals surface area contributed by atoms with Crippen molar-refractivity contribution in [3.8, 4) is 22.5 Å². The average molecular weight is 547 g/mol. The van der Waals surface area contributed by atoms with Crippen molar-refractivity contribution in [1.82, 2.24) is 14.3 Å². The summed E-state index contributed by atoms with van der Waals surface area (Å²) in [7, 11) is 0. The van der Waals surface area contributed by atoms with Gasteiger partial charge in [-0.05, 0) is 77.5 Å². The zero-order valence-corrected chi connectivity index (χ0v) is 23.3. The van der Waals surface area contributed by atoms with Crippen LogP contribution in [0.3, 0.4) is 0 Å². The molecule has 4 nitrogen and oxygen atoms in total. The summed E-state index contributed by atoms with van der Waals surface area (Å²) >= 11 is 0. The molecule has 2 aliphatic heterocycles. The van der Waals surface area contributed by atoms with Crippen molar-refractivity contribution in [3.63, 3.8) is 0 Å². The largest absolute Gasteiger partial charge is 0.457 e. The maximum atomic E-state index is 6.75. The van der Waals surface area contributed by atoms with Crippen LogP contribution in [0.1, 0.15) is 5.69 Å². The van der Waals surface area contributed by atoms with Gasteiger partial charge in [0.25, 0.3) is 6.71 Å². The van der Waals surface area contributed by atoms with Crippen molar-refractivity contribution in [2.24, 2.45) is 0 Å². The first-order valence-electron chi connectivity index (χ1n) is 14.9. The fourth-order valence-corrected chi connectivity index (χ4v) is 8.16. The van der Waals surface area contributed by atoms with E-state index in [-0.39, 0.29) is 6.71 Å². The quantitative estimate of drug-likeness (QED) is 0.205. The summed E-state index contributed by atoms with van der Waals surface area (Å²) in [4.78, 5) is 0. The molecule has 0 radical (unpaired) electrons. The number of rotatable bonds is 1. The van der Waals surface area contributed by atoms with Crippen LogP contribution in [0, 0.1) is 6.92 Å². The van der Waals surface area contributed by atoms with Crippen LogP contribution in [-0.4, -0.2) is 21.1 Å². The van der Waals surface area contributed by atoms with Gasteiger partial charge in [-0.25, -0.2) is 4.68 Å². The van der Waals surface area contributed by atoms with Crippen LogP contribution in [0.5, 0.6) is 0 Å². The Morgan fingerprint density at radius 2 is 1.44 bits per heavy atom. The van der Waals surface area contributed by atoms with Crippen molar-refractivity contribution in [3.05, 3.63) is 121 Å². The van der Waals surface area contributed by atoms with Crippen molar-refractivity contribution < 1.29 is 4.42 Å². The van der Waals surface area contributed by atoms with E-state index in [9.17, 15) is 0 Å². The Hall–Kier alpha value is -5.55. The predicted octanol–water partition coefficient (Wildman–Crippen LogP) is 7.14. The summed E-state index contributed by atoms with van der Waals surface area (Å²) in [6.07, 6.45) is 0. The first-order valence-corrected chi connectivity index (χ1v) is 14.9. The van der Waals surface area contributed by atoms with Gasteiger partial charge in [-0.1, -0.05) is 72.2 Å². The molecule has 43 heavy (non-hydrogen) atoms. The molecule has 0 spiro atoms. The minimum Gasteiger partial charge on any atom is -0.457 e. The number of nitrogens with zero attached hydrogens (tertiary/aromatic N) is 3. The van der Waals surface area contributed by atoms with E-state index in [0.717, 1.165) is 33.1 Å². The zero-order valence-electron chi connectivity index (χ0n) is 23.3. The van der Waals surface area contributed by atoms with Crippen molar-refractivity contribution in [2.45, 2.75) is 6.92 Å². The molecule has 6 aromatic carbocycles. The Morgan fingerprint density at radius 3 is 2.35 bits per heavy atom. The van der Waals surface area contributed by atoms with Gasteiger partial charge in [0.05, 0.1) is 27.9 Å². The molecular weight excluding hydrogens is 525 g/mol. The van der Waals surface area contributed by atoms with Gasteiger partial charge in [-0.3, -0.25) is 0 Å². The molecule has 0 atom stereocenters. The molecule has 0 amide bonds. The van der Waals surface area contributed by atoms with E-state index in [4.69, 9.17) is 9.52 Å². The molecule has 0 saturated heterocycles. The van der Waals surface area contributed by atoms with Crippen LogP contribution in [0.2, 0.25) is 0 Å². The lowest BCUT2D eigenvalue weighted by molar-refractivity contribution is 0.671. The summed E-state index contributed by atoms with van der Waals surface area (Å²) in [6.45, 7) is 2.17. The van der Waals surface area contributed by atoms with Crippen LogP contribution in [-0.2, 0) is 0 Å². The number of aryl methyl sites for hydroxylation is 1. The molecular formula is C38H22BN3O. The number of hydrogen-bond acceptors (Lipinski definition) is 2. The monoisotopic (exact) mass is 547 g/mol. The van der Waals surface area contributed by atoms with Crippen LogP contribution in [0.25, 0.3) is 77.1 Å². The maximum Gasteiger partial charge on any atom is 0.253 e. The lowest BCUT2D eigenvalue weighted by atomic mass is 9.37. The minimum atomic E-state index is 0.0446. The third-order valence-electron chi connectivity index (χ3n) is 9.88. The molecule has 0 aliphatic carbocycles. The third-order valence-corrected chi connectivity index (χ3v) is 9.88. The van der Waals surface area contributed by atoms with Crippen molar-refractivity contribution in [1.29, 1.82) is 0 Å². The molecule has 0 N–H and O–H groups in total. The van der Waals surface area contributed by atoms with Crippen LogP contribution in [0.4, 0.5) is 0 Å². The summed E-state index contributed by atoms with van der Waals surface area (Å²) < 4.78 is 11.3. The number of aromatic nitrogens is 3. The van der Waals surface area contributed by atoms with E-state index in [1.54, 1.807) is 0 Å². The van der Waals surface area contributed by atoms with E-state index in [1.807, 2.05) is 0 Å². The Labute approximate surface area is 246 Å². The fourth-order valence-electron chi connectivity index (χ4n) is 8.16. The van der Waals surface area contributed by atoms with Gasteiger partial charge >= 0.3 is 0 Å². The van der Waals surface area contributed by atoms with Gasteiger partial charge in [-0.2, -0.15) is 5.10 Å². The first kappa shape index (κ1) is 22.1. The molecule has 0 fully saturated rings. The SMILES string of the molecule is Cc1nn2c3c(c4oc5ccccc5c4cc13)B1c3cc4c(cc3-c3cccc-2c31)c1ccccc1n4-c1ccccc1. The molecule has 5 heteroatoms. The summed E-state index contributed by atoms with van der Waals surface area (Å²) in [5, 5.41) is 11.2. The fraction of sp³-hybridized carbons (Fsp3) is 0.0263. The molecule has 198 valence electrons. The number of fused-ring (bicyclic) bond motifs is 12. The minimum absolute atomic E-state index is 0.0446. The molecule has 0 unspecified atom stereocenters. The van der Waals surface area contributed by atoms with E-state index >= 15 is 0 Å². The van der Waals surface area contributed by atoms with Crippen LogP contribution in [0.15, 0.2) is 120 Å². The summed E-state index contributed by atoms with van der Waals surface area (Å²) in [6, 6.07) is 41.8. The lowest BCUT2D eigenvalue weighted by Crippen LogP contribution is -2.53. The van der Waals surface area contributed by atoms with E-state index in [1.165, 1.54) is 66.1 Å². The van der Waals surface area contributed by atoms with E-state index < -0.39 is 0 Å². The summed E-state index contributed by atoms with van der Waals surface area (Å²) in [5.74, 6) is 0. The standard InChI is InChI=1S/C38H22BN3O/c1-21-26-18-29-24-13-6-8-17-34(24)43-38(29)36-37(26)42(40-21)32-16-9-14-25-27-19-28-23-12-5-7-15-31(23)41(22-10-3-2-4-11-22)33(28)20-30(27)39(36)35(25)32/h2-20H,1H3. The van der Waals surface area contributed by atoms with Crippen molar-refractivity contribution >= 4 is 77.7 Å². The molecule has 5 heterocycles. The topological polar surface area (TPSA) is 35.9 Å². The average Bonchev–Trinajstić information content (AvgIpc) is 3.78. The zero-order chi connectivity index (χ0) is 28.0. The van der Waals surface area contributed by atoms with E-state index in [0.29, 0.717) is 0 Å². The maximum absolute atomic E-state index is 6.75. The van der Waals surface area contributed by atoms with Gasteiger partial charge in [0, 0.05) is 32.6 Å². The molecule has 11 rings (SSSR count). The van der Waals surface area contributed by atoms with Gasteiger partial charge in [-0.15, -0.1) is 0 Å². The first-order chi connectivity index (χ1) is 21.3. The molecule has 9 aromatic rings. The number of para-hydroxylation sites is 3. The van der Waals surface area contributed by atoms with E-state index in [2.05, 4.69) is 131 Å². The highest BCUT2D eigenvalue weighted by atomic mass is 16.3. The second-order valence-corrected chi connectivity index (χ2v) is 12.0. The predicted molar refractivity (Wildman–Crippen MR) is 178 cm³/mol. The van der Waals surface area contributed by atoms with Crippen molar-refractivity contribution in [2.75, 3.05) is 0 Å². The van der Waals surface area contributed by atoms with Gasteiger partial charge < -0.3 is 8.98 Å². The number of furan rings is 1. The summed E-state index contributed by atoms with van der Waals surface area (Å²) in [5.41, 5.74) is 15.4. The highest BCUT2D eigenvalue weighted by Crippen LogP contribution is 2.40. The highest BCUT2D eigenvalue weighted by Gasteiger charge is 2.43. The Morgan fingerprint density at radius 1 is 0.628 bits per heavy atom. The van der Waals surface area contributed by atoms with Gasteiger partial charge in [0.2, 0.25) is 0 Å². The lowest BCUT2D eigenvalue weighted by Gasteiger charge is -2.23. The molecule has 0 bridgehead atoms. The van der Waals surface area contributed by atoms with Gasteiger partial charge in [0.1, 0.15) is 11.2 Å². The normalized spacial score (nSPS) is 13.2. The molecule has 3 aromatic heterocycles. The molecule has 0 saturated carbocycles. The highest BCUT2D eigenvalue weighted by molar-refractivity contribution is 7.02. The third kappa shape index (κ3) is 2.54. The van der Waals surface area contributed by atoms with Gasteiger partial charge in [0.15, 0.2) is 0 Å². The Kier molecular flexibility index (Phi) is 3.83. The smallest absolute Gasteiger partial charge is 0.253 e. The van der Waals surface area contributed by atoms with Crippen LogP contribution >= 0.6 is 0 Å². The second-order valence-electron chi connectivity index (χ2n) is 12.0.